The zero-order valence-electron chi connectivity index (χ0n) is 16.2. The molecule has 0 aromatic heterocycles. The molecular weight excluding hydrogens is 469 g/mol. The highest BCUT2D eigenvalue weighted by atomic mass is 127. The van der Waals surface area contributed by atoms with Crippen LogP contribution in [0.1, 0.15) is 12.0 Å². The first-order chi connectivity index (χ1) is 12.8. The molecule has 1 aliphatic heterocycles. The zero-order valence-corrected chi connectivity index (χ0v) is 19.3. The van der Waals surface area contributed by atoms with Crippen molar-refractivity contribution >= 4 is 52.5 Å². The largest absolute Gasteiger partial charge is 0.381 e. The summed E-state index contributed by atoms with van der Waals surface area (Å²) in [6.07, 6.45) is 1.15. The molecule has 1 fully saturated rings. The van der Waals surface area contributed by atoms with E-state index in [9.17, 15) is 0 Å². The molecule has 0 radical (unpaired) electrons. The van der Waals surface area contributed by atoms with Gasteiger partial charge in [0.15, 0.2) is 5.96 Å². The molecule has 1 atom stereocenters. The van der Waals surface area contributed by atoms with Gasteiger partial charge in [0, 0.05) is 51.2 Å². The van der Waals surface area contributed by atoms with E-state index in [2.05, 4.69) is 64.7 Å². The van der Waals surface area contributed by atoms with E-state index in [0.717, 1.165) is 50.2 Å². The first-order valence-electron chi connectivity index (χ1n) is 9.32. The van der Waals surface area contributed by atoms with Crippen molar-refractivity contribution in [3.63, 3.8) is 0 Å². The third-order valence-electron chi connectivity index (χ3n) is 4.80. The standard InChI is InChI=1S/C21H29N3OS.HI/c1-22-21(24(2)14-17-10-12-25-15-17)23-11-13-26-16-19-8-5-7-18-6-3-4-9-20(18)19;/h3-9,17H,10-16H2,1-2H3,(H,22,23);1H. The van der Waals surface area contributed by atoms with E-state index >= 15 is 0 Å². The number of nitrogens with zero attached hydrogens (tertiary/aromatic N) is 2. The highest BCUT2D eigenvalue weighted by molar-refractivity contribution is 14.0. The minimum atomic E-state index is 0. The molecular formula is C21H30IN3OS. The van der Waals surface area contributed by atoms with Crippen LogP contribution < -0.4 is 5.32 Å². The smallest absolute Gasteiger partial charge is 0.193 e. The molecule has 0 spiro atoms. The minimum Gasteiger partial charge on any atom is -0.381 e. The van der Waals surface area contributed by atoms with Crippen molar-refractivity contribution in [2.75, 3.05) is 46.2 Å². The van der Waals surface area contributed by atoms with Gasteiger partial charge in [-0.2, -0.15) is 11.8 Å². The van der Waals surface area contributed by atoms with Gasteiger partial charge in [-0.1, -0.05) is 42.5 Å². The number of ether oxygens (including phenoxy) is 1. The Morgan fingerprint density at radius 3 is 2.85 bits per heavy atom. The van der Waals surface area contributed by atoms with Crippen LogP contribution >= 0.6 is 35.7 Å². The Morgan fingerprint density at radius 1 is 1.26 bits per heavy atom. The minimum absolute atomic E-state index is 0. The van der Waals surface area contributed by atoms with Crippen LogP contribution in [0.5, 0.6) is 0 Å². The average Bonchev–Trinajstić information content (AvgIpc) is 3.17. The van der Waals surface area contributed by atoms with E-state index in [-0.39, 0.29) is 24.0 Å². The Bertz CT molecular complexity index is 729. The number of halogens is 1. The van der Waals surface area contributed by atoms with E-state index in [0.29, 0.717) is 5.92 Å². The van der Waals surface area contributed by atoms with Gasteiger partial charge in [-0.15, -0.1) is 24.0 Å². The summed E-state index contributed by atoms with van der Waals surface area (Å²) in [5.41, 5.74) is 1.41. The highest BCUT2D eigenvalue weighted by Gasteiger charge is 2.18. The maximum absolute atomic E-state index is 5.47. The SMILES string of the molecule is CN=C(NCCSCc1cccc2ccccc12)N(C)CC1CCOC1.I. The first kappa shape index (κ1) is 22.3. The van der Waals surface area contributed by atoms with Crippen LogP contribution in [0.25, 0.3) is 10.8 Å². The number of rotatable bonds is 7. The average molecular weight is 499 g/mol. The van der Waals surface area contributed by atoms with Crippen molar-refractivity contribution in [2.24, 2.45) is 10.9 Å². The molecule has 6 heteroatoms. The third-order valence-corrected chi connectivity index (χ3v) is 5.80. The molecule has 1 unspecified atom stereocenters. The fourth-order valence-corrected chi connectivity index (χ4v) is 4.28. The van der Waals surface area contributed by atoms with Crippen molar-refractivity contribution in [1.29, 1.82) is 0 Å². The van der Waals surface area contributed by atoms with Gasteiger partial charge in [0.05, 0.1) is 6.61 Å². The number of fused-ring (bicyclic) bond motifs is 1. The van der Waals surface area contributed by atoms with Gasteiger partial charge in [-0.25, -0.2) is 0 Å². The fraction of sp³-hybridized carbons (Fsp3) is 0.476. The lowest BCUT2D eigenvalue weighted by atomic mass is 10.1. The number of guanidine groups is 1. The monoisotopic (exact) mass is 499 g/mol. The molecule has 4 nitrogen and oxygen atoms in total. The van der Waals surface area contributed by atoms with E-state index in [1.807, 2.05) is 18.8 Å². The molecule has 0 saturated carbocycles. The second kappa shape index (κ2) is 11.8. The Labute approximate surface area is 184 Å². The van der Waals surface area contributed by atoms with Gasteiger partial charge in [0.25, 0.3) is 0 Å². The highest BCUT2D eigenvalue weighted by Crippen LogP contribution is 2.22. The Kier molecular flexibility index (Phi) is 9.72. The molecule has 1 heterocycles. The van der Waals surface area contributed by atoms with Gasteiger partial charge >= 0.3 is 0 Å². The molecule has 148 valence electrons. The number of nitrogens with one attached hydrogen (secondary N) is 1. The van der Waals surface area contributed by atoms with Crippen molar-refractivity contribution in [3.05, 3.63) is 48.0 Å². The Morgan fingerprint density at radius 2 is 2.07 bits per heavy atom. The topological polar surface area (TPSA) is 36.9 Å². The fourth-order valence-electron chi connectivity index (χ4n) is 3.42. The predicted molar refractivity (Wildman–Crippen MR) is 128 cm³/mol. The van der Waals surface area contributed by atoms with Gasteiger partial charge < -0.3 is 15.0 Å². The summed E-state index contributed by atoms with van der Waals surface area (Å²) in [4.78, 5) is 6.63. The van der Waals surface area contributed by atoms with E-state index in [1.54, 1.807) is 0 Å². The molecule has 0 bridgehead atoms. The van der Waals surface area contributed by atoms with Gasteiger partial charge in [0.2, 0.25) is 0 Å². The molecule has 27 heavy (non-hydrogen) atoms. The molecule has 1 saturated heterocycles. The van der Waals surface area contributed by atoms with Crippen LogP contribution in [0.15, 0.2) is 47.5 Å². The second-order valence-electron chi connectivity index (χ2n) is 6.77. The molecule has 1 aliphatic rings. The van der Waals surface area contributed by atoms with Crippen LogP contribution in [0.4, 0.5) is 0 Å². The summed E-state index contributed by atoms with van der Waals surface area (Å²) < 4.78 is 5.47. The van der Waals surface area contributed by atoms with E-state index in [1.165, 1.54) is 16.3 Å². The van der Waals surface area contributed by atoms with Crippen molar-refractivity contribution in [1.82, 2.24) is 10.2 Å². The summed E-state index contributed by atoms with van der Waals surface area (Å²) in [6.45, 7) is 3.70. The lowest BCUT2D eigenvalue weighted by Crippen LogP contribution is -2.42. The summed E-state index contributed by atoms with van der Waals surface area (Å²) in [6, 6.07) is 15.2. The Hall–Kier alpha value is -0.990. The second-order valence-corrected chi connectivity index (χ2v) is 7.88. The first-order valence-corrected chi connectivity index (χ1v) is 10.5. The quantitative estimate of drug-likeness (QED) is 0.268. The molecule has 2 aromatic carbocycles. The summed E-state index contributed by atoms with van der Waals surface area (Å²) >= 11 is 1.96. The van der Waals surface area contributed by atoms with Crippen LogP contribution in [-0.4, -0.2) is 57.0 Å². The number of aliphatic imine (C=N–C) groups is 1. The number of hydrogen-bond donors (Lipinski definition) is 1. The van der Waals surface area contributed by atoms with E-state index in [4.69, 9.17) is 4.74 Å². The Balaban J connectivity index is 0.00000261. The maximum atomic E-state index is 5.47. The van der Waals surface area contributed by atoms with E-state index < -0.39 is 0 Å². The van der Waals surface area contributed by atoms with Crippen LogP contribution in [0, 0.1) is 5.92 Å². The van der Waals surface area contributed by atoms with Gasteiger partial charge in [-0.3, -0.25) is 4.99 Å². The van der Waals surface area contributed by atoms with Crippen molar-refractivity contribution < 1.29 is 4.74 Å². The van der Waals surface area contributed by atoms with Crippen molar-refractivity contribution in [3.8, 4) is 0 Å². The lowest BCUT2D eigenvalue weighted by molar-refractivity contribution is 0.181. The summed E-state index contributed by atoms with van der Waals surface area (Å²) in [5.74, 6) is 3.70. The maximum Gasteiger partial charge on any atom is 0.193 e. The third kappa shape index (κ3) is 6.54. The number of thioether (sulfide) groups is 1. The molecule has 0 aliphatic carbocycles. The molecule has 0 amide bonds. The number of benzene rings is 2. The molecule has 1 N–H and O–H groups in total. The van der Waals surface area contributed by atoms with Crippen LogP contribution in [0.3, 0.4) is 0 Å². The lowest BCUT2D eigenvalue weighted by Gasteiger charge is -2.24. The number of hydrogen-bond acceptors (Lipinski definition) is 3. The summed E-state index contributed by atoms with van der Waals surface area (Å²) in [7, 11) is 3.96. The van der Waals surface area contributed by atoms with Gasteiger partial charge in [0.1, 0.15) is 0 Å². The van der Waals surface area contributed by atoms with Crippen molar-refractivity contribution in [2.45, 2.75) is 12.2 Å². The van der Waals surface area contributed by atoms with Gasteiger partial charge in [-0.05, 0) is 22.8 Å². The summed E-state index contributed by atoms with van der Waals surface area (Å²) in [5, 5.41) is 6.17. The van der Waals surface area contributed by atoms with Crippen LogP contribution in [-0.2, 0) is 10.5 Å². The normalized spacial score (nSPS) is 17.0. The molecule has 3 rings (SSSR count). The predicted octanol–water partition coefficient (Wildman–Crippen LogP) is 4.23. The zero-order chi connectivity index (χ0) is 18.2. The molecule has 2 aromatic rings. The van der Waals surface area contributed by atoms with Crippen LogP contribution in [0.2, 0.25) is 0 Å².